The second-order valence-corrected chi connectivity index (χ2v) is 7.82. The van der Waals surface area contributed by atoms with Gasteiger partial charge < -0.3 is 19.5 Å². The van der Waals surface area contributed by atoms with Crippen molar-refractivity contribution in [1.29, 1.82) is 0 Å². The van der Waals surface area contributed by atoms with Crippen molar-refractivity contribution in [1.82, 2.24) is 4.98 Å². The van der Waals surface area contributed by atoms with Gasteiger partial charge in [-0.3, -0.25) is 0 Å². The van der Waals surface area contributed by atoms with Gasteiger partial charge in [-0.1, -0.05) is 31.2 Å². The average molecular weight is 454 g/mol. The van der Waals surface area contributed by atoms with Crippen LogP contribution in [0.2, 0.25) is 0 Å². The lowest BCUT2D eigenvalue weighted by Gasteiger charge is -2.15. The van der Waals surface area contributed by atoms with E-state index >= 15 is 0 Å². The fraction of sp³-hybridized carbons (Fsp3) is 0.280. The van der Waals surface area contributed by atoms with Gasteiger partial charge in [0.15, 0.2) is 11.5 Å². The van der Waals surface area contributed by atoms with Gasteiger partial charge in [-0.2, -0.15) is 0 Å². The molecule has 0 spiro atoms. The summed E-state index contributed by atoms with van der Waals surface area (Å²) in [7, 11) is 0. The maximum absolute atomic E-state index is 13.3. The molecule has 1 atom stereocenters. The highest BCUT2D eigenvalue weighted by molar-refractivity contribution is 5.91. The van der Waals surface area contributed by atoms with Crippen LogP contribution in [0, 0.1) is 6.92 Å². The lowest BCUT2D eigenvalue weighted by molar-refractivity contribution is -0.286. The van der Waals surface area contributed by atoms with Crippen molar-refractivity contribution in [3.05, 3.63) is 71.3 Å². The predicted molar refractivity (Wildman–Crippen MR) is 120 cm³/mol. The number of alkyl halides is 2. The summed E-state index contributed by atoms with van der Waals surface area (Å²) in [6.45, 7) is 6.52. The molecule has 33 heavy (non-hydrogen) atoms. The standard InChI is InChI=1S/C25H24F2N2O4/c1-4-31-24(30)19-7-5-6-18(12-19)23-15(2)8-11-22(29-23)28-14-16(3)17-9-10-20-21(13-17)33-25(26,27)32-20/h5-13,16H,4,14H2,1-3H3,(H,28,29). The molecule has 0 saturated carbocycles. The number of nitrogens with zero attached hydrogens (tertiary/aromatic N) is 1. The smallest absolute Gasteiger partial charge is 0.462 e. The number of hydrogen-bond acceptors (Lipinski definition) is 6. The third kappa shape index (κ3) is 5.05. The SMILES string of the molecule is CCOC(=O)c1cccc(-c2nc(NCC(C)c3ccc4c(c3)OC(F)(F)O4)ccc2C)c1. The van der Waals surface area contributed by atoms with Crippen LogP contribution in [0.3, 0.4) is 0 Å². The number of pyridine rings is 1. The quantitative estimate of drug-likeness (QED) is 0.457. The van der Waals surface area contributed by atoms with Crippen LogP contribution in [0.15, 0.2) is 54.6 Å². The maximum atomic E-state index is 13.3. The van der Waals surface area contributed by atoms with Crippen LogP contribution in [-0.2, 0) is 4.74 Å². The molecule has 0 saturated heterocycles. The molecule has 1 aliphatic heterocycles. The highest BCUT2D eigenvalue weighted by Crippen LogP contribution is 2.42. The Kier molecular flexibility index (Phi) is 6.18. The molecule has 0 fully saturated rings. The van der Waals surface area contributed by atoms with Crippen molar-refractivity contribution in [3.8, 4) is 22.8 Å². The minimum atomic E-state index is -3.63. The number of carbonyl (C=O) groups excluding carboxylic acids is 1. The van der Waals surface area contributed by atoms with Gasteiger partial charge in [0, 0.05) is 12.1 Å². The van der Waals surface area contributed by atoms with Gasteiger partial charge >= 0.3 is 12.3 Å². The first-order chi connectivity index (χ1) is 15.8. The Morgan fingerprint density at radius 2 is 1.91 bits per heavy atom. The fourth-order valence-electron chi connectivity index (χ4n) is 3.57. The molecule has 4 rings (SSSR count). The third-order valence-corrected chi connectivity index (χ3v) is 5.33. The summed E-state index contributed by atoms with van der Waals surface area (Å²) in [5.74, 6) is 0.338. The van der Waals surface area contributed by atoms with Gasteiger partial charge in [0.05, 0.1) is 17.9 Å². The summed E-state index contributed by atoms with van der Waals surface area (Å²) in [5.41, 5.74) is 3.83. The number of halogens is 2. The van der Waals surface area contributed by atoms with Gasteiger partial charge in [0.1, 0.15) is 5.82 Å². The monoisotopic (exact) mass is 454 g/mol. The van der Waals surface area contributed by atoms with Crippen LogP contribution in [-0.4, -0.2) is 30.4 Å². The van der Waals surface area contributed by atoms with Crippen LogP contribution < -0.4 is 14.8 Å². The van der Waals surface area contributed by atoms with Crippen LogP contribution in [0.5, 0.6) is 11.5 Å². The summed E-state index contributed by atoms with van der Waals surface area (Å²) in [5, 5.41) is 3.30. The number of nitrogens with one attached hydrogen (secondary N) is 1. The van der Waals surface area contributed by atoms with E-state index in [1.807, 2.05) is 32.0 Å². The first-order valence-electron chi connectivity index (χ1n) is 10.6. The van der Waals surface area contributed by atoms with Gasteiger partial charge in [-0.15, -0.1) is 8.78 Å². The molecule has 8 heteroatoms. The number of ether oxygens (including phenoxy) is 3. The summed E-state index contributed by atoms with van der Waals surface area (Å²) in [4.78, 5) is 16.8. The van der Waals surface area contributed by atoms with Gasteiger partial charge in [0.25, 0.3) is 0 Å². The number of esters is 1. The zero-order valence-corrected chi connectivity index (χ0v) is 18.5. The molecule has 1 unspecified atom stereocenters. The van der Waals surface area contributed by atoms with E-state index in [9.17, 15) is 13.6 Å². The number of aryl methyl sites for hydroxylation is 1. The van der Waals surface area contributed by atoms with Crippen LogP contribution in [0.1, 0.15) is 41.3 Å². The lowest BCUT2D eigenvalue weighted by Crippen LogP contribution is -2.25. The molecule has 6 nitrogen and oxygen atoms in total. The molecule has 0 radical (unpaired) electrons. The summed E-state index contributed by atoms with van der Waals surface area (Å²) < 4.78 is 40.6. The number of rotatable bonds is 7. The zero-order chi connectivity index (χ0) is 23.6. The molecule has 1 N–H and O–H groups in total. The molecule has 2 aromatic carbocycles. The van der Waals surface area contributed by atoms with E-state index in [-0.39, 0.29) is 23.4 Å². The highest BCUT2D eigenvalue weighted by Gasteiger charge is 2.43. The minimum Gasteiger partial charge on any atom is -0.462 e. The number of anilines is 1. The molecule has 0 amide bonds. The second kappa shape index (κ2) is 9.05. The molecular weight excluding hydrogens is 430 g/mol. The molecule has 0 bridgehead atoms. The van der Waals surface area contributed by atoms with Crippen molar-refractivity contribution in [2.24, 2.45) is 0 Å². The number of benzene rings is 2. The Hall–Kier alpha value is -3.68. The van der Waals surface area contributed by atoms with E-state index in [4.69, 9.17) is 9.72 Å². The fourth-order valence-corrected chi connectivity index (χ4v) is 3.57. The molecule has 3 aromatic rings. The van der Waals surface area contributed by atoms with E-state index in [1.165, 1.54) is 6.07 Å². The van der Waals surface area contributed by atoms with Crippen LogP contribution in [0.4, 0.5) is 14.6 Å². The number of carbonyl (C=O) groups is 1. The molecule has 0 aliphatic carbocycles. The summed E-state index contributed by atoms with van der Waals surface area (Å²) in [6, 6.07) is 15.8. The third-order valence-electron chi connectivity index (χ3n) is 5.33. The van der Waals surface area contributed by atoms with Crippen molar-refractivity contribution in [2.75, 3.05) is 18.5 Å². The van der Waals surface area contributed by atoms with Gasteiger partial charge in [0.2, 0.25) is 0 Å². The summed E-state index contributed by atoms with van der Waals surface area (Å²) in [6.07, 6.45) is -3.63. The second-order valence-electron chi connectivity index (χ2n) is 7.82. The molecule has 1 aliphatic rings. The number of fused-ring (bicyclic) bond motifs is 1. The zero-order valence-electron chi connectivity index (χ0n) is 18.5. The summed E-state index contributed by atoms with van der Waals surface area (Å²) >= 11 is 0. The Morgan fingerprint density at radius 1 is 1.12 bits per heavy atom. The average Bonchev–Trinajstić information content (AvgIpc) is 3.11. The van der Waals surface area contributed by atoms with Crippen molar-refractivity contribution >= 4 is 11.8 Å². The molecular formula is C25H24F2N2O4. The molecule has 2 heterocycles. The van der Waals surface area contributed by atoms with E-state index in [0.717, 1.165) is 22.4 Å². The van der Waals surface area contributed by atoms with Crippen molar-refractivity contribution < 1.29 is 27.8 Å². The Bertz CT molecular complexity index is 1180. The van der Waals surface area contributed by atoms with Crippen molar-refractivity contribution in [3.63, 3.8) is 0 Å². The van der Waals surface area contributed by atoms with Crippen LogP contribution in [0.25, 0.3) is 11.3 Å². The normalized spacial score (nSPS) is 14.6. The van der Waals surface area contributed by atoms with Gasteiger partial charge in [-0.25, -0.2) is 9.78 Å². The maximum Gasteiger partial charge on any atom is 0.586 e. The molecule has 172 valence electrons. The van der Waals surface area contributed by atoms with Crippen LogP contribution >= 0.6 is 0 Å². The largest absolute Gasteiger partial charge is 0.586 e. The predicted octanol–water partition coefficient (Wildman–Crippen LogP) is 5.77. The lowest BCUT2D eigenvalue weighted by atomic mass is 10.0. The number of aromatic nitrogens is 1. The topological polar surface area (TPSA) is 69.7 Å². The van der Waals surface area contributed by atoms with Gasteiger partial charge in [-0.05, 0) is 61.2 Å². The Morgan fingerprint density at radius 3 is 2.70 bits per heavy atom. The Labute approximate surface area is 190 Å². The molecule has 1 aromatic heterocycles. The van der Waals surface area contributed by atoms with E-state index in [1.54, 1.807) is 37.3 Å². The highest BCUT2D eigenvalue weighted by atomic mass is 19.3. The van der Waals surface area contributed by atoms with E-state index < -0.39 is 6.29 Å². The Balaban J connectivity index is 1.48. The first-order valence-corrected chi connectivity index (χ1v) is 10.6. The minimum absolute atomic E-state index is 0.00758. The first kappa shape index (κ1) is 22.5. The number of hydrogen-bond donors (Lipinski definition) is 1. The van der Waals surface area contributed by atoms with E-state index in [2.05, 4.69) is 14.8 Å². The van der Waals surface area contributed by atoms with E-state index in [0.29, 0.717) is 24.5 Å². The van der Waals surface area contributed by atoms with Crippen molar-refractivity contribution in [2.45, 2.75) is 33.0 Å².